The van der Waals surface area contributed by atoms with Gasteiger partial charge in [-0.25, -0.2) is 0 Å². The van der Waals surface area contributed by atoms with Crippen LogP contribution in [-0.2, 0) is 11.2 Å². The molecule has 2 N–H and O–H groups in total. The van der Waals surface area contributed by atoms with Gasteiger partial charge in [-0.3, -0.25) is 14.7 Å². The first-order chi connectivity index (χ1) is 12.1. The minimum atomic E-state index is 0.0907. The fourth-order valence-corrected chi connectivity index (χ4v) is 4.58. The van der Waals surface area contributed by atoms with E-state index in [4.69, 9.17) is 0 Å². The van der Waals surface area contributed by atoms with Crippen LogP contribution in [0.4, 0.5) is 0 Å². The maximum absolute atomic E-state index is 12.5. The standard InChI is InChI=1S/C18H22N4O2S/c1-11-13(4-5-25-11)18(24)22-9-15-14(16(15)10-22)8-19-17(23)3-2-12-6-20-21-7-12/h4-7,14-16H,2-3,8-10H2,1H3,(H,19,23)(H,20,21). The number of aromatic amines is 1. The number of carbonyl (C=O) groups excluding carboxylic acids is 2. The molecular weight excluding hydrogens is 336 g/mol. The highest BCUT2D eigenvalue weighted by Gasteiger charge is 2.56. The Labute approximate surface area is 150 Å². The Kier molecular flexibility index (Phi) is 4.33. The first-order valence-electron chi connectivity index (χ1n) is 8.71. The summed E-state index contributed by atoms with van der Waals surface area (Å²) in [6.45, 7) is 4.39. The van der Waals surface area contributed by atoms with Gasteiger partial charge in [0, 0.05) is 37.1 Å². The summed E-state index contributed by atoms with van der Waals surface area (Å²) in [6, 6.07) is 1.92. The highest BCUT2D eigenvalue weighted by Crippen LogP contribution is 2.51. The van der Waals surface area contributed by atoms with Crippen molar-refractivity contribution in [1.29, 1.82) is 0 Å². The van der Waals surface area contributed by atoms with Crippen LogP contribution in [0.3, 0.4) is 0 Å². The van der Waals surface area contributed by atoms with Crippen molar-refractivity contribution in [3.63, 3.8) is 0 Å². The molecule has 2 aromatic heterocycles. The molecule has 132 valence electrons. The predicted molar refractivity (Wildman–Crippen MR) is 95.3 cm³/mol. The first-order valence-corrected chi connectivity index (χ1v) is 9.59. The minimum Gasteiger partial charge on any atom is -0.356 e. The summed E-state index contributed by atoms with van der Waals surface area (Å²) in [6.07, 6.45) is 4.77. The van der Waals surface area contributed by atoms with Crippen LogP contribution in [-0.4, -0.2) is 46.5 Å². The molecule has 2 fully saturated rings. The number of rotatable bonds is 6. The van der Waals surface area contributed by atoms with Crippen molar-refractivity contribution in [1.82, 2.24) is 20.4 Å². The quantitative estimate of drug-likeness (QED) is 0.827. The summed E-state index contributed by atoms with van der Waals surface area (Å²) in [5.74, 6) is 1.89. The second-order valence-electron chi connectivity index (χ2n) is 7.00. The zero-order valence-electron chi connectivity index (χ0n) is 14.2. The maximum Gasteiger partial charge on any atom is 0.254 e. The normalized spacial score (nSPS) is 24.2. The Balaban J connectivity index is 1.19. The summed E-state index contributed by atoms with van der Waals surface area (Å²) >= 11 is 1.62. The molecule has 2 atom stereocenters. The molecule has 2 aromatic rings. The Bertz CT molecular complexity index is 758. The smallest absolute Gasteiger partial charge is 0.254 e. The molecule has 0 radical (unpaired) electrons. The SMILES string of the molecule is Cc1sccc1C(=O)N1CC2C(CNC(=O)CCc3cn[nH]c3)C2C1. The number of aryl methyl sites for hydroxylation is 2. The molecule has 1 aliphatic heterocycles. The number of nitrogens with one attached hydrogen (secondary N) is 2. The molecule has 0 bridgehead atoms. The van der Waals surface area contributed by atoms with Gasteiger partial charge in [-0.1, -0.05) is 0 Å². The van der Waals surface area contributed by atoms with Gasteiger partial charge in [0.15, 0.2) is 0 Å². The molecule has 2 amide bonds. The zero-order valence-corrected chi connectivity index (χ0v) is 15.0. The highest BCUT2D eigenvalue weighted by molar-refractivity contribution is 7.10. The average molecular weight is 358 g/mol. The summed E-state index contributed by atoms with van der Waals surface area (Å²) in [4.78, 5) is 27.5. The Hall–Kier alpha value is -2.15. The number of nitrogens with zero attached hydrogens (tertiary/aromatic N) is 2. The summed E-state index contributed by atoms with van der Waals surface area (Å²) in [5, 5.41) is 11.7. The Morgan fingerprint density at radius 2 is 2.20 bits per heavy atom. The van der Waals surface area contributed by atoms with Gasteiger partial charge in [0.2, 0.25) is 5.91 Å². The molecule has 3 heterocycles. The highest BCUT2D eigenvalue weighted by atomic mass is 32.1. The molecule has 1 saturated carbocycles. The van der Waals surface area contributed by atoms with Crippen LogP contribution in [0.1, 0.15) is 27.2 Å². The summed E-state index contributed by atoms with van der Waals surface area (Å²) in [7, 11) is 0. The first kappa shape index (κ1) is 16.3. The molecule has 2 aliphatic rings. The van der Waals surface area contributed by atoms with Gasteiger partial charge in [0.25, 0.3) is 5.91 Å². The lowest BCUT2D eigenvalue weighted by molar-refractivity contribution is -0.121. The largest absolute Gasteiger partial charge is 0.356 e. The lowest BCUT2D eigenvalue weighted by Gasteiger charge is -2.20. The third kappa shape index (κ3) is 3.33. The molecule has 0 aromatic carbocycles. The van der Waals surface area contributed by atoms with Gasteiger partial charge < -0.3 is 10.2 Å². The van der Waals surface area contributed by atoms with E-state index in [2.05, 4.69) is 15.5 Å². The number of hydrogen-bond acceptors (Lipinski definition) is 4. The number of piperidine rings is 1. The molecule has 1 saturated heterocycles. The molecule has 2 unspecified atom stereocenters. The second kappa shape index (κ2) is 6.63. The topological polar surface area (TPSA) is 78.1 Å². The van der Waals surface area contributed by atoms with Gasteiger partial charge in [0.1, 0.15) is 0 Å². The zero-order chi connectivity index (χ0) is 17.4. The summed E-state index contributed by atoms with van der Waals surface area (Å²) < 4.78 is 0. The monoisotopic (exact) mass is 358 g/mol. The third-order valence-electron chi connectivity index (χ3n) is 5.48. The van der Waals surface area contributed by atoms with Crippen molar-refractivity contribution in [2.75, 3.05) is 19.6 Å². The number of amides is 2. The van der Waals surface area contributed by atoms with Crippen LogP contribution in [0.15, 0.2) is 23.8 Å². The van der Waals surface area contributed by atoms with E-state index in [1.165, 1.54) is 0 Å². The second-order valence-corrected chi connectivity index (χ2v) is 8.12. The number of fused-ring (bicyclic) bond motifs is 1. The van der Waals surface area contributed by atoms with Crippen molar-refractivity contribution < 1.29 is 9.59 Å². The van der Waals surface area contributed by atoms with E-state index in [9.17, 15) is 9.59 Å². The van der Waals surface area contributed by atoms with E-state index in [0.717, 1.165) is 35.6 Å². The van der Waals surface area contributed by atoms with Crippen molar-refractivity contribution in [2.24, 2.45) is 17.8 Å². The minimum absolute atomic E-state index is 0.0907. The lowest BCUT2D eigenvalue weighted by atomic mass is 10.2. The fourth-order valence-electron chi connectivity index (χ4n) is 3.89. The number of likely N-dealkylation sites (tertiary alicyclic amines) is 1. The van der Waals surface area contributed by atoms with Crippen LogP contribution in [0.25, 0.3) is 0 Å². The maximum atomic E-state index is 12.5. The van der Waals surface area contributed by atoms with E-state index < -0.39 is 0 Å². The number of H-pyrrole nitrogens is 1. The predicted octanol–water partition coefficient (Wildman–Crippen LogP) is 1.85. The molecule has 25 heavy (non-hydrogen) atoms. The van der Waals surface area contributed by atoms with E-state index in [0.29, 0.717) is 30.6 Å². The number of aromatic nitrogens is 2. The average Bonchev–Trinajstić information content (AvgIpc) is 3.13. The molecular formula is C18H22N4O2S. The van der Waals surface area contributed by atoms with Crippen molar-refractivity contribution >= 4 is 23.2 Å². The van der Waals surface area contributed by atoms with Crippen LogP contribution >= 0.6 is 11.3 Å². The molecule has 0 spiro atoms. The molecule has 1 aliphatic carbocycles. The molecule has 4 rings (SSSR count). The van der Waals surface area contributed by atoms with Crippen LogP contribution < -0.4 is 5.32 Å². The van der Waals surface area contributed by atoms with Gasteiger partial charge >= 0.3 is 0 Å². The van der Waals surface area contributed by atoms with E-state index in [1.807, 2.05) is 29.5 Å². The lowest BCUT2D eigenvalue weighted by Crippen LogP contribution is -2.34. The van der Waals surface area contributed by atoms with Crippen molar-refractivity contribution in [3.05, 3.63) is 39.8 Å². The fraction of sp³-hybridized carbons (Fsp3) is 0.500. The number of carbonyl (C=O) groups is 2. The Morgan fingerprint density at radius 1 is 1.40 bits per heavy atom. The van der Waals surface area contributed by atoms with E-state index in [-0.39, 0.29) is 11.8 Å². The number of thiophene rings is 1. The molecule has 6 nitrogen and oxygen atoms in total. The number of hydrogen-bond donors (Lipinski definition) is 2. The van der Waals surface area contributed by atoms with Crippen molar-refractivity contribution in [3.8, 4) is 0 Å². The molecule has 7 heteroatoms. The third-order valence-corrected chi connectivity index (χ3v) is 6.32. The van der Waals surface area contributed by atoms with Gasteiger partial charge in [-0.05, 0) is 48.1 Å². The van der Waals surface area contributed by atoms with Gasteiger partial charge in [-0.15, -0.1) is 11.3 Å². The van der Waals surface area contributed by atoms with Crippen molar-refractivity contribution in [2.45, 2.75) is 19.8 Å². The van der Waals surface area contributed by atoms with Gasteiger partial charge in [0.05, 0.1) is 11.8 Å². The van der Waals surface area contributed by atoms with Crippen LogP contribution in [0.5, 0.6) is 0 Å². The summed E-state index contributed by atoms with van der Waals surface area (Å²) in [5.41, 5.74) is 1.90. The van der Waals surface area contributed by atoms with Crippen LogP contribution in [0.2, 0.25) is 0 Å². The van der Waals surface area contributed by atoms with Gasteiger partial charge in [-0.2, -0.15) is 5.10 Å². The van der Waals surface area contributed by atoms with Crippen LogP contribution in [0, 0.1) is 24.7 Å². The Morgan fingerprint density at radius 3 is 2.84 bits per heavy atom. The van der Waals surface area contributed by atoms with E-state index >= 15 is 0 Å². The van der Waals surface area contributed by atoms with E-state index in [1.54, 1.807) is 17.5 Å².